The SMILES string of the molecule is COc1cc(CNC(=O)c2cc(C3=NO[C@@H]([C@H]4CC[C@H](NS(C)(=O)=O)CC4)C3)nc(C)n2)ccc1F. The first-order valence-corrected chi connectivity index (χ1v) is 13.7. The lowest BCUT2D eigenvalue weighted by atomic mass is 9.81. The fourth-order valence-electron chi connectivity index (χ4n) is 4.63. The van der Waals surface area contributed by atoms with E-state index < -0.39 is 21.7 Å². The van der Waals surface area contributed by atoms with Gasteiger partial charge < -0.3 is 14.9 Å². The molecule has 1 aromatic heterocycles. The number of aryl methyl sites for hydroxylation is 1. The number of rotatable bonds is 8. The van der Waals surface area contributed by atoms with Gasteiger partial charge in [-0.05, 0) is 62.3 Å². The van der Waals surface area contributed by atoms with Crippen LogP contribution in [0.1, 0.15) is 59.7 Å². The van der Waals surface area contributed by atoms with E-state index in [0.29, 0.717) is 29.2 Å². The summed E-state index contributed by atoms with van der Waals surface area (Å²) in [6.45, 7) is 1.88. The van der Waals surface area contributed by atoms with Crippen molar-refractivity contribution in [2.75, 3.05) is 13.4 Å². The van der Waals surface area contributed by atoms with Gasteiger partial charge in [0.2, 0.25) is 10.0 Å². The van der Waals surface area contributed by atoms with Crippen molar-refractivity contribution in [1.82, 2.24) is 20.0 Å². The predicted octanol–water partition coefficient (Wildman–Crippen LogP) is 2.46. The number of oxime groups is 1. The van der Waals surface area contributed by atoms with Gasteiger partial charge in [0.1, 0.15) is 23.3 Å². The van der Waals surface area contributed by atoms with E-state index in [1.54, 1.807) is 19.1 Å². The third-order valence-electron chi connectivity index (χ3n) is 6.41. The zero-order valence-electron chi connectivity index (χ0n) is 20.5. The molecule has 0 radical (unpaired) electrons. The van der Waals surface area contributed by atoms with Crippen LogP contribution < -0.4 is 14.8 Å². The average molecular weight is 520 g/mol. The normalized spacial score (nSPS) is 22.0. The lowest BCUT2D eigenvalue weighted by Gasteiger charge is -2.30. The van der Waals surface area contributed by atoms with Crippen LogP contribution in [-0.2, 0) is 21.4 Å². The molecule has 194 valence electrons. The quantitative estimate of drug-likeness (QED) is 0.548. The highest BCUT2D eigenvalue weighted by Gasteiger charge is 2.34. The smallest absolute Gasteiger partial charge is 0.270 e. The molecule has 0 saturated heterocycles. The van der Waals surface area contributed by atoms with E-state index in [2.05, 4.69) is 25.2 Å². The van der Waals surface area contributed by atoms with Crippen LogP contribution in [0, 0.1) is 18.7 Å². The average Bonchev–Trinajstić information content (AvgIpc) is 3.33. The Hall–Kier alpha value is -3.12. The van der Waals surface area contributed by atoms with Crippen molar-refractivity contribution in [1.29, 1.82) is 0 Å². The third-order valence-corrected chi connectivity index (χ3v) is 7.17. The summed E-state index contributed by atoms with van der Waals surface area (Å²) in [5.74, 6) is -0.0596. The summed E-state index contributed by atoms with van der Waals surface area (Å²) in [6, 6.07) is 5.94. The first kappa shape index (κ1) is 26.0. The Labute approximate surface area is 209 Å². The maximum atomic E-state index is 13.6. The Morgan fingerprint density at radius 1 is 1.19 bits per heavy atom. The number of amides is 1. The van der Waals surface area contributed by atoms with E-state index in [4.69, 9.17) is 9.57 Å². The second-order valence-corrected chi connectivity index (χ2v) is 11.0. The van der Waals surface area contributed by atoms with Gasteiger partial charge in [-0.3, -0.25) is 4.79 Å². The number of hydrogen-bond acceptors (Lipinski definition) is 8. The molecule has 1 saturated carbocycles. The van der Waals surface area contributed by atoms with Crippen LogP contribution in [0.15, 0.2) is 29.4 Å². The van der Waals surface area contributed by atoms with Gasteiger partial charge in [0, 0.05) is 19.0 Å². The van der Waals surface area contributed by atoms with Crippen LogP contribution in [0.4, 0.5) is 4.39 Å². The molecule has 1 aromatic carbocycles. The Balaban J connectivity index is 1.35. The summed E-state index contributed by atoms with van der Waals surface area (Å²) < 4.78 is 44.2. The number of halogens is 1. The van der Waals surface area contributed by atoms with Crippen molar-refractivity contribution in [2.45, 2.75) is 57.7 Å². The number of hydrogen-bond donors (Lipinski definition) is 2. The number of carbonyl (C=O) groups is 1. The molecule has 0 unspecified atom stereocenters. The predicted molar refractivity (Wildman–Crippen MR) is 131 cm³/mol. The minimum absolute atomic E-state index is 0.0420. The Morgan fingerprint density at radius 2 is 1.94 bits per heavy atom. The number of nitrogens with one attached hydrogen (secondary N) is 2. The number of carbonyl (C=O) groups excluding carboxylic acids is 1. The van der Waals surface area contributed by atoms with Gasteiger partial charge in [0.05, 0.1) is 19.1 Å². The summed E-state index contributed by atoms with van der Waals surface area (Å²) in [5, 5.41) is 7.02. The van der Waals surface area contributed by atoms with E-state index in [-0.39, 0.29) is 36.1 Å². The topological polar surface area (TPSA) is 132 Å². The van der Waals surface area contributed by atoms with Crippen molar-refractivity contribution in [3.05, 3.63) is 52.9 Å². The number of nitrogens with zero attached hydrogens (tertiary/aromatic N) is 3. The summed E-state index contributed by atoms with van der Waals surface area (Å²) in [5.41, 5.74) is 2.07. The summed E-state index contributed by atoms with van der Waals surface area (Å²) in [6.07, 6.45) is 4.81. The monoisotopic (exact) mass is 519 g/mol. The lowest BCUT2D eigenvalue weighted by molar-refractivity contribution is 0.0243. The van der Waals surface area contributed by atoms with Gasteiger partial charge >= 0.3 is 0 Å². The molecule has 1 aliphatic heterocycles. The van der Waals surface area contributed by atoms with E-state index >= 15 is 0 Å². The van der Waals surface area contributed by atoms with E-state index in [9.17, 15) is 17.6 Å². The molecular weight excluding hydrogens is 489 g/mol. The zero-order valence-corrected chi connectivity index (χ0v) is 21.3. The molecule has 1 amide bonds. The fourth-order valence-corrected chi connectivity index (χ4v) is 5.47. The van der Waals surface area contributed by atoms with Gasteiger partial charge in [-0.2, -0.15) is 0 Å². The van der Waals surface area contributed by atoms with Gasteiger partial charge in [-0.25, -0.2) is 27.5 Å². The second-order valence-electron chi connectivity index (χ2n) is 9.22. The van der Waals surface area contributed by atoms with Crippen molar-refractivity contribution in [3.8, 4) is 5.75 Å². The molecule has 12 heteroatoms. The minimum Gasteiger partial charge on any atom is -0.494 e. The summed E-state index contributed by atoms with van der Waals surface area (Å²) >= 11 is 0. The number of methoxy groups -OCH3 is 1. The molecule has 1 aliphatic carbocycles. The van der Waals surface area contributed by atoms with Crippen LogP contribution >= 0.6 is 0 Å². The number of sulfonamides is 1. The maximum Gasteiger partial charge on any atom is 0.270 e. The summed E-state index contributed by atoms with van der Waals surface area (Å²) in [4.78, 5) is 27.2. The number of ether oxygens (including phenoxy) is 1. The van der Waals surface area contributed by atoms with E-state index in [1.165, 1.54) is 25.5 Å². The molecule has 4 rings (SSSR count). The van der Waals surface area contributed by atoms with Crippen LogP contribution in [0.3, 0.4) is 0 Å². The summed E-state index contributed by atoms with van der Waals surface area (Å²) in [7, 11) is -1.83. The van der Waals surface area contributed by atoms with Crippen LogP contribution in [0.25, 0.3) is 0 Å². The molecule has 36 heavy (non-hydrogen) atoms. The van der Waals surface area contributed by atoms with Crippen molar-refractivity contribution in [2.24, 2.45) is 11.1 Å². The molecule has 1 fully saturated rings. The molecule has 2 aliphatic rings. The highest BCUT2D eigenvalue weighted by Crippen LogP contribution is 2.33. The maximum absolute atomic E-state index is 13.6. The van der Waals surface area contributed by atoms with Gasteiger partial charge in [0.25, 0.3) is 5.91 Å². The molecule has 2 N–H and O–H groups in total. The first-order valence-electron chi connectivity index (χ1n) is 11.8. The first-order chi connectivity index (χ1) is 17.1. The molecule has 10 nitrogen and oxygen atoms in total. The largest absolute Gasteiger partial charge is 0.494 e. The standard InChI is InChI=1S/C24H30FN5O5S/c1-14-27-19(11-21(28-14)24(31)26-13-15-4-9-18(25)23(10-15)34-2)20-12-22(35-29-20)16-5-7-17(8-6-16)30-36(3,32)33/h4,9-11,16-17,22,30H,5-8,12-13H2,1-3H3,(H,26,31)/t16-,17-,22-/m1/s1. The molecule has 2 heterocycles. The van der Waals surface area contributed by atoms with Crippen molar-refractivity contribution < 1.29 is 27.2 Å². The van der Waals surface area contributed by atoms with Crippen LogP contribution in [-0.4, -0.2) is 55.5 Å². The number of aromatic nitrogens is 2. The molecule has 0 spiro atoms. The highest BCUT2D eigenvalue weighted by molar-refractivity contribution is 7.88. The molecular formula is C24H30FN5O5S. The lowest BCUT2D eigenvalue weighted by Crippen LogP contribution is -2.38. The highest BCUT2D eigenvalue weighted by atomic mass is 32.2. The Morgan fingerprint density at radius 3 is 2.64 bits per heavy atom. The van der Waals surface area contributed by atoms with E-state index in [1.807, 2.05) is 0 Å². The fraction of sp³-hybridized carbons (Fsp3) is 0.500. The van der Waals surface area contributed by atoms with Crippen molar-refractivity contribution >= 4 is 21.6 Å². The Kier molecular flexibility index (Phi) is 7.84. The van der Waals surface area contributed by atoms with Crippen LogP contribution in [0.5, 0.6) is 5.75 Å². The second kappa shape index (κ2) is 10.9. The molecule has 0 bridgehead atoms. The van der Waals surface area contributed by atoms with Gasteiger partial charge in [-0.1, -0.05) is 11.2 Å². The molecule has 2 aromatic rings. The van der Waals surface area contributed by atoms with E-state index in [0.717, 1.165) is 25.7 Å². The minimum atomic E-state index is -3.22. The van der Waals surface area contributed by atoms with Gasteiger partial charge in [0.15, 0.2) is 11.6 Å². The zero-order chi connectivity index (χ0) is 25.9. The molecule has 1 atom stereocenters. The van der Waals surface area contributed by atoms with Crippen molar-refractivity contribution in [3.63, 3.8) is 0 Å². The van der Waals surface area contributed by atoms with Gasteiger partial charge in [-0.15, -0.1) is 0 Å². The number of benzene rings is 1. The third kappa shape index (κ3) is 6.55. The van der Waals surface area contributed by atoms with Crippen LogP contribution in [0.2, 0.25) is 0 Å². The Bertz CT molecular complexity index is 1260.